The van der Waals surface area contributed by atoms with Crippen LogP contribution in [-0.2, 0) is 0 Å². The van der Waals surface area contributed by atoms with E-state index in [2.05, 4.69) is 22.3 Å². The van der Waals surface area contributed by atoms with E-state index < -0.39 is 0 Å². The second-order valence-electron chi connectivity index (χ2n) is 5.53. The van der Waals surface area contributed by atoms with Gasteiger partial charge in [0.2, 0.25) is 0 Å². The first-order valence-electron chi connectivity index (χ1n) is 7.39. The second kappa shape index (κ2) is 7.39. The quantitative estimate of drug-likeness (QED) is 0.797. The summed E-state index contributed by atoms with van der Waals surface area (Å²) in [6.07, 6.45) is 6.82. The van der Waals surface area contributed by atoms with E-state index in [1.54, 1.807) is 0 Å². The molecule has 0 heterocycles. The summed E-state index contributed by atoms with van der Waals surface area (Å²) in [6.45, 7) is 1.68. The van der Waals surface area contributed by atoms with Crippen LogP contribution in [0.3, 0.4) is 0 Å². The predicted molar refractivity (Wildman–Crippen MR) is 81.1 cm³/mol. The minimum absolute atomic E-state index is 0.713. The monoisotopic (exact) mass is 262 g/mol. The molecule has 2 rings (SSSR count). The summed E-state index contributed by atoms with van der Waals surface area (Å²) >= 11 is 0. The average Bonchev–Trinajstić information content (AvgIpc) is 2.45. The van der Waals surface area contributed by atoms with Gasteiger partial charge >= 0.3 is 0 Å². The van der Waals surface area contributed by atoms with Crippen molar-refractivity contribution in [2.45, 2.75) is 38.1 Å². The van der Waals surface area contributed by atoms with Gasteiger partial charge in [-0.25, -0.2) is 0 Å². The molecule has 0 radical (unpaired) electrons. The highest BCUT2D eigenvalue weighted by Crippen LogP contribution is 2.19. The van der Waals surface area contributed by atoms with Crippen molar-refractivity contribution in [2.24, 2.45) is 0 Å². The molecule has 1 aromatic rings. The number of ether oxygens (including phenoxy) is 1. The maximum absolute atomic E-state index is 5.80. The van der Waals surface area contributed by atoms with Crippen molar-refractivity contribution in [3.63, 3.8) is 0 Å². The summed E-state index contributed by atoms with van der Waals surface area (Å²) < 4.78 is 5.80. The number of hydrogen-bond acceptors (Lipinski definition) is 3. The molecule has 106 valence electrons. The predicted octanol–water partition coefficient (Wildman–Crippen LogP) is 3.05. The lowest BCUT2D eigenvalue weighted by Gasteiger charge is -2.22. The van der Waals surface area contributed by atoms with Crippen LogP contribution in [0.5, 0.6) is 5.75 Å². The van der Waals surface area contributed by atoms with Crippen LogP contribution in [0.15, 0.2) is 24.3 Å². The topological polar surface area (TPSA) is 24.5 Å². The summed E-state index contributed by atoms with van der Waals surface area (Å²) in [6, 6.07) is 8.95. The molecule has 0 bridgehead atoms. The SMILES string of the molecule is CN(C)c1cccc(OCCNC2CCCCC2)c1. The summed E-state index contributed by atoms with van der Waals surface area (Å²) in [7, 11) is 4.09. The zero-order valence-corrected chi connectivity index (χ0v) is 12.2. The molecule has 0 unspecified atom stereocenters. The van der Waals surface area contributed by atoms with Gasteiger partial charge in [-0.3, -0.25) is 0 Å². The van der Waals surface area contributed by atoms with Crippen LogP contribution in [0.1, 0.15) is 32.1 Å². The van der Waals surface area contributed by atoms with Gasteiger partial charge in [0.25, 0.3) is 0 Å². The zero-order chi connectivity index (χ0) is 13.5. The van der Waals surface area contributed by atoms with Crippen LogP contribution in [0, 0.1) is 0 Å². The molecule has 3 nitrogen and oxygen atoms in total. The van der Waals surface area contributed by atoms with E-state index >= 15 is 0 Å². The summed E-state index contributed by atoms with van der Waals surface area (Å²) in [5.41, 5.74) is 1.18. The molecule has 1 aromatic carbocycles. The van der Waals surface area contributed by atoms with Crippen molar-refractivity contribution >= 4 is 5.69 Å². The van der Waals surface area contributed by atoms with Crippen LogP contribution in [0.4, 0.5) is 5.69 Å². The van der Waals surface area contributed by atoms with Gasteiger partial charge in [0.05, 0.1) is 0 Å². The molecule has 19 heavy (non-hydrogen) atoms. The van der Waals surface area contributed by atoms with Gasteiger partial charge in [0, 0.05) is 38.4 Å². The highest BCUT2D eigenvalue weighted by molar-refractivity contribution is 5.49. The molecule has 0 aromatic heterocycles. The van der Waals surface area contributed by atoms with Crippen LogP contribution in [-0.4, -0.2) is 33.3 Å². The smallest absolute Gasteiger partial charge is 0.121 e. The van der Waals surface area contributed by atoms with Gasteiger partial charge in [-0.2, -0.15) is 0 Å². The fourth-order valence-corrected chi connectivity index (χ4v) is 2.59. The van der Waals surface area contributed by atoms with Gasteiger partial charge in [-0.1, -0.05) is 25.3 Å². The lowest BCUT2D eigenvalue weighted by molar-refractivity contribution is 0.289. The van der Waals surface area contributed by atoms with E-state index in [9.17, 15) is 0 Å². The summed E-state index contributed by atoms with van der Waals surface area (Å²) in [5.74, 6) is 0.955. The Morgan fingerprint density at radius 3 is 2.74 bits per heavy atom. The van der Waals surface area contributed by atoms with Crippen molar-refractivity contribution in [1.82, 2.24) is 5.32 Å². The van der Waals surface area contributed by atoms with E-state index in [1.165, 1.54) is 37.8 Å². The molecule has 1 aliphatic rings. The molecule has 0 amide bonds. The Kier molecular flexibility index (Phi) is 5.52. The highest BCUT2D eigenvalue weighted by atomic mass is 16.5. The Bertz CT molecular complexity index is 373. The Morgan fingerprint density at radius 1 is 1.21 bits per heavy atom. The molecule has 1 aliphatic carbocycles. The van der Waals surface area contributed by atoms with E-state index in [4.69, 9.17) is 4.74 Å². The molecule has 0 saturated heterocycles. The van der Waals surface area contributed by atoms with Crippen LogP contribution < -0.4 is 15.0 Å². The standard InChI is InChI=1S/C16H26N2O/c1-18(2)15-9-6-10-16(13-15)19-12-11-17-14-7-4-3-5-8-14/h6,9-10,13-14,17H,3-5,7-8,11-12H2,1-2H3. The minimum Gasteiger partial charge on any atom is -0.492 e. The van der Waals surface area contributed by atoms with Crippen LogP contribution >= 0.6 is 0 Å². The molecule has 0 atom stereocenters. The van der Waals surface area contributed by atoms with Gasteiger partial charge in [0.15, 0.2) is 0 Å². The second-order valence-corrected chi connectivity index (χ2v) is 5.53. The Labute approximate surface area is 116 Å². The molecule has 0 spiro atoms. The largest absolute Gasteiger partial charge is 0.492 e. The first-order chi connectivity index (χ1) is 9.25. The molecule has 0 aliphatic heterocycles. The highest BCUT2D eigenvalue weighted by Gasteiger charge is 2.11. The first kappa shape index (κ1) is 14.2. The zero-order valence-electron chi connectivity index (χ0n) is 12.2. The number of nitrogens with one attached hydrogen (secondary N) is 1. The number of hydrogen-bond donors (Lipinski definition) is 1. The number of benzene rings is 1. The maximum atomic E-state index is 5.80. The number of anilines is 1. The van der Waals surface area contributed by atoms with Crippen molar-refractivity contribution in [3.8, 4) is 5.75 Å². The fourth-order valence-electron chi connectivity index (χ4n) is 2.59. The van der Waals surface area contributed by atoms with Crippen molar-refractivity contribution < 1.29 is 4.74 Å². The summed E-state index contributed by atoms with van der Waals surface area (Å²) in [4.78, 5) is 2.09. The van der Waals surface area contributed by atoms with Crippen molar-refractivity contribution in [3.05, 3.63) is 24.3 Å². The van der Waals surface area contributed by atoms with E-state index in [1.807, 2.05) is 26.2 Å². The molecule has 1 saturated carbocycles. The number of rotatable bonds is 6. The van der Waals surface area contributed by atoms with Crippen LogP contribution in [0.25, 0.3) is 0 Å². The van der Waals surface area contributed by atoms with Gasteiger partial charge in [-0.15, -0.1) is 0 Å². The lowest BCUT2D eigenvalue weighted by atomic mass is 9.96. The normalized spacial score (nSPS) is 16.3. The third-order valence-electron chi connectivity index (χ3n) is 3.74. The number of nitrogens with zero attached hydrogens (tertiary/aromatic N) is 1. The third-order valence-corrected chi connectivity index (χ3v) is 3.74. The lowest BCUT2D eigenvalue weighted by Crippen LogP contribution is -2.34. The van der Waals surface area contributed by atoms with Gasteiger partial charge in [-0.05, 0) is 25.0 Å². The van der Waals surface area contributed by atoms with E-state index in [0.29, 0.717) is 6.04 Å². The first-order valence-corrected chi connectivity index (χ1v) is 7.39. The Morgan fingerprint density at radius 2 is 2.00 bits per heavy atom. The molecule has 1 N–H and O–H groups in total. The van der Waals surface area contributed by atoms with E-state index in [-0.39, 0.29) is 0 Å². The molecule has 1 fully saturated rings. The van der Waals surface area contributed by atoms with Crippen molar-refractivity contribution in [1.29, 1.82) is 0 Å². The van der Waals surface area contributed by atoms with E-state index in [0.717, 1.165) is 18.9 Å². The molecular weight excluding hydrogens is 236 g/mol. The van der Waals surface area contributed by atoms with Gasteiger partial charge in [0.1, 0.15) is 12.4 Å². The van der Waals surface area contributed by atoms with Crippen molar-refractivity contribution in [2.75, 3.05) is 32.1 Å². The Balaban J connectivity index is 1.68. The van der Waals surface area contributed by atoms with Crippen LogP contribution in [0.2, 0.25) is 0 Å². The maximum Gasteiger partial charge on any atom is 0.121 e. The average molecular weight is 262 g/mol. The minimum atomic E-state index is 0.713. The Hall–Kier alpha value is -1.22. The fraction of sp³-hybridized carbons (Fsp3) is 0.625. The molecule has 3 heteroatoms. The summed E-state index contributed by atoms with van der Waals surface area (Å²) in [5, 5.41) is 3.59. The van der Waals surface area contributed by atoms with Gasteiger partial charge < -0.3 is 15.0 Å². The third kappa shape index (κ3) is 4.75. The molecular formula is C16H26N2O.